The van der Waals surface area contributed by atoms with Crippen LogP contribution in [0.25, 0.3) is 0 Å². The molecular formula is C60H46F6O12S4. The molecule has 0 aromatic heterocycles. The number of alkyl halides is 6. The van der Waals surface area contributed by atoms with Crippen molar-refractivity contribution in [3.05, 3.63) is 276 Å². The van der Waals surface area contributed by atoms with E-state index in [1.165, 1.54) is 74.5 Å². The Kier molecular flexibility index (Phi) is 17.4. The largest absolute Gasteiger partial charge is 0.411 e. The van der Waals surface area contributed by atoms with Gasteiger partial charge < -0.3 is 16.7 Å². The Bertz CT molecular complexity index is 3870. The highest BCUT2D eigenvalue weighted by molar-refractivity contribution is 7.88. The van der Waals surface area contributed by atoms with E-state index in [0.29, 0.717) is 59.7 Å². The lowest BCUT2D eigenvalue weighted by molar-refractivity contribution is -0.288. The molecular weight excluding hydrogens is 1150 g/mol. The zero-order chi connectivity index (χ0) is 59.1. The zero-order valence-corrected chi connectivity index (χ0v) is 46.2. The van der Waals surface area contributed by atoms with Crippen LogP contribution in [0.4, 0.5) is 26.3 Å². The van der Waals surface area contributed by atoms with E-state index in [-0.39, 0.29) is 37.0 Å². The van der Waals surface area contributed by atoms with Crippen LogP contribution in [-0.2, 0) is 45.9 Å². The van der Waals surface area contributed by atoms with Crippen LogP contribution in [0.15, 0.2) is 256 Å². The molecule has 0 amide bonds. The van der Waals surface area contributed by atoms with Gasteiger partial charge in [0.05, 0.1) is 0 Å². The smallest absolute Gasteiger partial charge is 0.379 e. The summed E-state index contributed by atoms with van der Waals surface area (Å²) in [5.41, 5.74) is -3.72. The van der Waals surface area contributed by atoms with E-state index >= 15 is 0 Å². The summed E-state index contributed by atoms with van der Waals surface area (Å²) in [7, 11) is -16.8. The summed E-state index contributed by atoms with van der Waals surface area (Å²) >= 11 is 0. The fourth-order valence-electron chi connectivity index (χ4n) is 8.70. The molecule has 0 radical (unpaired) electrons. The number of rotatable bonds is 17. The number of benzene rings is 9. The highest BCUT2D eigenvalue weighted by Gasteiger charge is 2.72. The van der Waals surface area contributed by atoms with Crippen LogP contribution < -0.4 is 16.7 Å². The maximum atomic E-state index is 14.5. The number of hydrogen-bond donors (Lipinski definition) is 0. The van der Waals surface area contributed by atoms with Crippen molar-refractivity contribution >= 4 is 40.5 Å². The Morgan fingerprint density at radius 2 is 0.561 bits per heavy atom. The SMILES string of the molecule is Cc1ccccc1S(=O)(=O)Oc1ccc(C(c2ccc(OS(=O)(=O)c3ccccc3C)cc2)(C(F)(F)F)C(F)(F)F)cc1.O=S(=O)(Oc1ccc(C(c2ccccc2)c2ccc(OS(=O)(=O)c3ccccc3)cc2)cc1)c1ccccc1. The molecule has 0 atom stereocenters. The van der Waals surface area contributed by atoms with Crippen molar-refractivity contribution in [3.8, 4) is 23.0 Å². The summed E-state index contributed by atoms with van der Waals surface area (Å²) in [5.74, 6) is -0.842. The third kappa shape index (κ3) is 13.3. The Morgan fingerprint density at radius 1 is 0.305 bits per heavy atom. The van der Waals surface area contributed by atoms with Gasteiger partial charge in [0.2, 0.25) is 5.41 Å². The highest BCUT2D eigenvalue weighted by atomic mass is 32.2. The summed E-state index contributed by atoms with van der Waals surface area (Å²) in [5, 5.41) is 0. The van der Waals surface area contributed by atoms with E-state index in [9.17, 15) is 60.0 Å². The zero-order valence-electron chi connectivity index (χ0n) is 42.9. The topological polar surface area (TPSA) is 173 Å². The molecule has 9 rings (SSSR count). The molecule has 0 N–H and O–H groups in total. The Balaban J connectivity index is 0.000000216. The lowest BCUT2D eigenvalue weighted by Gasteiger charge is -2.38. The maximum Gasteiger partial charge on any atom is 0.411 e. The summed E-state index contributed by atoms with van der Waals surface area (Å²) < 4.78 is 209. The molecule has 0 aliphatic rings. The summed E-state index contributed by atoms with van der Waals surface area (Å²) in [6, 6.07) is 55.5. The second kappa shape index (κ2) is 23.9. The first-order chi connectivity index (χ1) is 38.7. The number of aryl methyl sites for hydroxylation is 2. The Hall–Kier alpha value is -8.44. The first kappa shape index (κ1) is 59.7. The van der Waals surface area contributed by atoms with Gasteiger partial charge in [-0.2, -0.15) is 60.0 Å². The summed E-state index contributed by atoms with van der Waals surface area (Å²) in [6.45, 7) is 2.96. The third-order valence-corrected chi connectivity index (χ3v) is 17.9. The van der Waals surface area contributed by atoms with Crippen LogP contribution in [0.5, 0.6) is 23.0 Å². The molecule has 0 aliphatic carbocycles. The van der Waals surface area contributed by atoms with Crippen LogP contribution in [0, 0.1) is 13.8 Å². The van der Waals surface area contributed by atoms with Gasteiger partial charge in [0.15, 0.2) is 0 Å². The van der Waals surface area contributed by atoms with Crippen LogP contribution in [0.1, 0.15) is 44.9 Å². The summed E-state index contributed by atoms with van der Waals surface area (Å²) in [4.78, 5) is -0.308. The minimum absolute atomic E-state index is 0.0767. The summed E-state index contributed by atoms with van der Waals surface area (Å²) in [6.07, 6.45) is -11.9. The lowest BCUT2D eigenvalue weighted by atomic mass is 9.73. The van der Waals surface area contributed by atoms with E-state index in [1.807, 2.05) is 54.6 Å². The van der Waals surface area contributed by atoms with Crippen molar-refractivity contribution in [2.75, 3.05) is 0 Å². The molecule has 0 saturated heterocycles. The van der Waals surface area contributed by atoms with Crippen LogP contribution in [0.2, 0.25) is 0 Å². The Labute approximate surface area is 470 Å². The minimum atomic E-state index is -5.95. The maximum absolute atomic E-state index is 14.5. The molecule has 22 heteroatoms. The van der Waals surface area contributed by atoms with E-state index < -0.39 is 80.9 Å². The molecule has 9 aromatic carbocycles. The van der Waals surface area contributed by atoms with Crippen LogP contribution in [0.3, 0.4) is 0 Å². The second-order valence-corrected chi connectivity index (χ2v) is 24.2. The molecule has 0 bridgehead atoms. The third-order valence-electron chi connectivity index (χ3n) is 12.6. The van der Waals surface area contributed by atoms with Crippen LogP contribution in [-0.4, -0.2) is 46.0 Å². The average Bonchev–Trinajstić information content (AvgIpc) is 3.52. The van der Waals surface area contributed by atoms with Gasteiger partial charge in [0.1, 0.15) is 42.6 Å². The van der Waals surface area contributed by atoms with E-state index in [2.05, 4.69) is 0 Å². The number of hydrogen-bond acceptors (Lipinski definition) is 12. The van der Waals surface area contributed by atoms with Gasteiger partial charge in [0.25, 0.3) is 0 Å². The quantitative estimate of drug-likeness (QED) is 0.0480. The fourth-order valence-corrected chi connectivity index (χ4v) is 12.9. The molecule has 0 unspecified atom stereocenters. The van der Waals surface area contributed by atoms with Crippen molar-refractivity contribution < 1.29 is 76.7 Å². The van der Waals surface area contributed by atoms with Gasteiger partial charge in [-0.25, -0.2) is 0 Å². The van der Waals surface area contributed by atoms with E-state index in [1.54, 1.807) is 72.8 Å². The second-order valence-electron chi connectivity index (χ2n) is 18.1. The van der Waals surface area contributed by atoms with E-state index in [4.69, 9.17) is 16.7 Å². The molecule has 0 heterocycles. The standard InChI is InChI=1S/C31H24O6S2.C29H22F6O6S2/c32-38(33,29-12-6-2-7-13-29)36-27-20-16-25(17-21-27)31(24-10-4-1-5-11-24)26-18-22-28(23-19-26)37-39(34,35)30-14-8-3-9-15-30;1-19-7-3-5-9-25(19)42(36,37)40-23-15-11-21(12-16-23)27(28(30,31)32,29(33,34)35)22-13-17-24(18-14-22)41-43(38,39)26-10-6-4-8-20(26)2/h1-23,31H;3-18H,1-2H3. The lowest BCUT2D eigenvalue weighted by Crippen LogP contribution is -2.54. The molecule has 12 nitrogen and oxygen atoms in total. The van der Waals surface area contributed by atoms with Crippen molar-refractivity contribution in [2.45, 2.75) is 57.1 Å². The predicted molar refractivity (Wildman–Crippen MR) is 293 cm³/mol. The average molecular weight is 1200 g/mol. The van der Waals surface area contributed by atoms with Gasteiger partial charge in [-0.1, -0.05) is 152 Å². The molecule has 0 saturated carbocycles. The van der Waals surface area contributed by atoms with Crippen molar-refractivity contribution in [1.82, 2.24) is 0 Å². The molecule has 0 fully saturated rings. The monoisotopic (exact) mass is 1200 g/mol. The predicted octanol–water partition coefficient (Wildman–Crippen LogP) is 13.7. The molecule has 0 spiro atoms. The van der Waals surface area contributed by atoms with E-state index in [0.717, 1.165) is 16.7 Å². The normalized spacial score (nSPS) is 12.4. The van der Waals surface area contributed by atoms with Gasteiger partial charge >= 0.3 is 52.8 Å². The van der Waals surface area contributed by atoms with Crippen LogP contribution >= 0.6 is 0 Å². The first-order valence-electron chi connectivity index (χ1n) is 24.3. The molecule has 424 valence electrons. The first-order valence-corrected chi connectivity index (χ1v) is 29.9. The van der Waals surface area contributed by atoms with Gasteiger partial charge in [0, 0.05) is 5.92 Å². The minimum Gasteiger partial charge on any atom is -0.379 e. The van der Waals surface area contributed by atoms with Gasteiger partial charge in [-0.3, -0.25) is 0 Å². The van der Waals surface area contributed by atoms with Crippen molar-refractivity contribution in [3.63, 3.8) is 0 Å². The highest BCUT2D eigenvalue weighted by Crippen LogP contribution is 2.56. The van der Waals surface area contributed by atoms with Gasteiger partial charge in [-0.05, 0) is 138 Å². The molecule has 9 aromatic rings. The molecule has 82 heavy (non-hydrogen) atoms. The van der Waals surface area contributed by atoms with Crippen molar-refractivity contribution in [2.24, 2.45) is 0 Å². The van der Waals surface area contributed by atoms with Gasteiger partial charge in [-0.15, -0.1) is 0 Å². The fraction of sp³-hybridized carbons (Fsp3) is 0.100. The molecule has 0 aliphatic heterocycles. The Morgan fingerprint density at radius 3 is 0.866 bits per heavy atom. The van der Waals surface area contributed by atoms with Crippen molar-refractivity contribution in [1.29, 1.82) is 0 Å². The number of halogens is 6.